The molecule has 4 heteroatoms. The van der Waals surface area contributed by atoms with E-state index in [1.807, 2.05) is 0 Å². The first kappa shape index (κ1) is 7.70. The Morgan fingerprint density at radius 3 is 2.55 bits per heavy atom. The van der Waals surface area contributed by atoms with Crippen molar-refractivity contribution in [1.82, 2.24) is 0 Å². The normalized spacial score (nSPS) is 9.09. The fourth-order valence-electron chi connectivity index (χ4n) is 0.670. The van der Waals surface area contributed by atoms with Gasteiger partial charge >= 0.3 is 0 Å². The van der Waals surface area contributed by atoms with Crippen LogP contribution in [0.4, 0.5) is 0 Å². The molecule has 0 aromatic heterocycles. The Balaban J connectivity index is 3.39. The van der Waals surface area contributed by atoms with Crippen molar-refractivity contribution in [2.75, 3.05) is 0 Å². The van der Waals surface area contributed by atoms with Crippen molar-refractivity contribution in [3.8, 4) is 17.6 Å². The van der Waals surface area contributed by atoms with Gasteiger partial charge in [0.15, 0.2) is 11.5 Å². The van der Waals surface area contributed by atoms with E-state index in [-0.39, 0.29) is 16.3 Å². The number of halogens is 1. The highest BCUT2D eigenvalue weighted by atomic mass is 35.5. The van der Waals surface area contributed by atoms with Gasteiger partial charge in [0.05, 0.1) is 5.56 Å². The van der Waals surface area contributed by atoms with Crippen LogP contribution in [0, 0.1) is 11.3 Å². The summed E-state index contributed by atoms with van der Waals surface area (Å²) in [5.41, 5.74) is -0.0324. The van der Waals surface area contributed by atoms with Crippen LogP contribution < -0.4 is 0 Å². The van der Waals surface area contributed by atoms with Gasteiger partial charge in [0, 0.05) is 11.1 Å². The van der Waals surface area contributed by atoms with Crippen LogP contribution in [0.2, 0.25) is 5.02 Å². The molecule has 0 spiro atoms. The summed E-state index contributed by atoms with van der Waals surface area (Å²) in [6.45, 7) is 0. The van der Waals surface area contributed by atoms with Crippen LogP contribution >= 0.6 is 11.6 Å². The van der Waals surface area contributed by atoms with Crippen LogP contribution in [0.25, 0.3) is 0 Å². The topological polar surface area (TPSA) is 64.2 Å². The zero-order chi connectivity index (χ0) is 8.43. The van der Waals surface area contributed by atoms with E-state index in [1.165, 1.54) is 6.07 Å². The fraction of sp³-hybridized carbons (Fsp3) is 0. The van der Waals surface area contributed by atoms with Gasteiger partial charge in [-0.2, -0.15) is 5.26 Å². The lowest BCUT2D eigenvalue weighted by Crippen LogP contribution is -1.77. The monoisotopic (exact) mass is 169 g/mol. The molecule has 0 aliphatic carbocycles. The Morgan fingerprint density at radius 1 is 1.36 bits per heavy atom. The van der Waals surface area contributed by atoms with Gasteiger partial charge in [0.2, 0.25) is 0 Å². The molecule has 2 N–H and O–H groups in total. The predicted molar refractivity (Wildman–Crippen MR) is 39.5 cm³/mol. The maximum Gasteiger partial charge on any atom is 0.175 e. The molecule has 0 unspecified atom stereocenters. The van der Waals surface area contributed by atoms with Crippen LogP contribution in [0.3, 0.4) is 0 Å². The number of rotatable bonds is 0. The summed E-state index contributed by atoms with van der Waals surface area (Å²) in [7, 11) is 0. The molecule has 0 saturated heterocycles. The molecule has 1 rings (SSSR count). The average molecular weight is 170 g/mol. The summed E-state index contributed by atoms with van der Waals surface area (Å²) in [6, 6.07) is 4.12. The zero-order valence-corrected chi connectivity index (χ0v) is 6.13. The van der Waals surface area contributed by atoms with Gasteiger partial charge in [-0.05, 0) is 6.07 Å². The van der Waals surface area contributed by atoms with E-state index in [1.54, 1.807) is 6.07 Å². The van der Waals surface area contributed by atoms with E-state index in [2.05, 4.69) is 0 Å². The van der Waals surface area contributed by atoms with Crippen molar-refractivity contribution in [2.45, 2.75) is 0 Å². The first-order chi connectivity index (χ1) is 5.15. The molecule has 0 bridgehead atoms. The van der Waals surface area contributed by atoms with Gasteiger partial charge in [-0.25, -0.2) is 0 Å². The van der Waals surface area contributed by atoms with Gasteiger partial charge in [-0.1, -0.05) is 11.6 Å². The minimum absolute atomic E-state index is 0.0324. The molecule has 1 aromatic rings. The third-order valence-corrected chi connectivity index (χ3v) is 1.39. The van der Waals surface area contributed by atoms with Gasteiger partial charge < -0.3 is 10.2 Å². The van der Waals surface area contributed by atoms with Gasteiger partial charge in [0.25, 0.3) is 0 Å². The Kier molecular flexibility index (Phi) is 1.88. The summed E-state index contributed by atoms with van der Waals surface area (Å²) in [6.07, 6.45) is 0. The van der Waals surface area contributed by atoms with Crippen molar-refractivity contribution >= 4 is 11.6 Å². The smallest absolute Gasteiger partial charge is 0.175 e. The number of hydrogen-bond donors (Lipinski definition) is 2. The van der Waals surface area contributed by atoms with E-state index in [4.69, 9.17) is 27.1 Å². The van der Waals surface area contributed by atoms with E-state index in [9.17, 15) is 0 Å². The first-order valence-corrected chi connectivity index (χ1v) is 3.14. The summed E-state index contributed by atoms with van der Waals surface area (Å²) < 4.78 is 0. The second kappa shape index (κ2) is 2.69. The minimum Gasteiger partial charge on any atom is -0.504 e. The van der Waals surface area contributed by atoms with Crippen LogP contribution in [-0.2, 0) is 0 Å². The molecule has 0 aliphatic rings. The Hall–Kier alpha value is -1.40. The lowest BCUT2D eigenvalue weighted by molar-refractivity contribution is 0.402. The Bertz CT molecular complexity index is 330. The van der Waals surface area contributed by atoms with E-state index in [0.717, 1.165) is 6.07 Å². The minimum atomic E-state index is -0.433. The summed E-state index contributed by atoms with van der Waals surface area (Å²) in [5, 5.41) is 26.5. The maximum absolute atomic E-state index is 8.99. The number of nitriles is 1. The van der Waals surface area contributed by atoms with Crippen LogP contribution in [0.1, 0.15) is 5.56 Å². The third-order valence-electron chi connectivity index (χ3n) is 1.18. The molecule has 0 radical (unpaired) electrons. The highest BCUT2D eigenvalue weighted by Gasteiger charge is 2.06. The van der Waals surface area contributed by atoms with Crippen LogP contribution in [-0.4, -0.2) is 10.2 Å². The number of aromatic hydroxyl groups is 2. The van der Waals surface area contributed by atoms with Crippen molar-refractivity contribution in [1.29, 1.82) is 5.26 Å². The Labute approximate surface area is 68.1 Å². The molecule has 1 aromatic carbocycles. The predicted octanol–water partition coefficient (Wildman–Crippen LogP) is 1.62. The van der Waals surface area contributed by atoms with Crippen molar-refractivity contribution < 1.29 is 10.2 Å². The summed E-state index contributed by atoms with van der Waals surface area (Å²) >= 11 is 5.48. The molecule has 56 valence electrons. The molecule has 0 fully saturated rings. The number of phenols is 2. The van der Waals surface area contributed by atoms with Gasteiger partial charge in [-0.3, -0.25) is 0 Å². The van der Waals surface area contributed by atoms with Crippen LogP contribution in [0.5, 0.6) is 11.5 Å². The summed E-state index contributed by atoms with van der Waals surface area (Å²) in [5.74, 6) is -0.814. The lowest BCUT2D eigenvalue weighted by Gasteiger charge is -1.98. The molecular weight excluding hydrogens is 166 g/mol. The highest BCUT2D eigenvalue weighted by molar-refractivity contribution is 6.30. The van der Waals surface area contributed by atoms with Crippen molar-refractivity contribution in [3.63, 3.8) is 0 Å². The molecule has 0 saturated carbocycles. The quantitative estimate of drug-likeness (QED) is 0.580. The van der Waals surface area contributed by atoms with Crippen LogP contribution in [0.15, 0.2) is 12.1 Å². The Morgan fingerprint density at radius 2 is 2.00 bits per heavy atom. The SMILES string of the molecule is N#Cc1cc(Cl)cc(O)c1O. The first-order valence-electron chi connectivity index (χ1n) is 2.76. The van der Waals surface area contributed by atoms with E-state index < -0.39 is 5.75 Å². The second-order valence-corrected chi connectivity index (χ2v) is 2.37. The number of hydrogen-bond acceptors (Lipinski definition) is 3. The zero-order valence-electron chi connectivity index (χ0n) is 5.37. The maximum atomic E-state index is 8.99. The van der Waals surface area contributed by atoms with Crippen molar-refractivity contribution in [3.05, 3.63) is 22.7 Å². The lowest BCUT2D eigenvalue weighted by atomic mass is 10.2. The molecule has 0 amide bonds. The van der Waals surface area contributed by atoms with Gasteiger partial charge in [0.1, 0.15) is 6.07 Å². The largest absolute Gasteiger partial charge is 0.504 e. The third kappa shape index (κ3) is 1.36. The van der Waals surface area contributed by atoms with Crippen molar-refractivity contribution in [2.24, 2.45) is 0 Å². The second-order valence-electron chi connectivity index (χ2n) is 1.93. The fourth-order valence-corrected chi connectivity index (χ4v) is 0.883. The standard InChI is InChI=1S/C7H4ClNO2/c8-5-1-4(3-9)7(11)6(10)2-5/h1-2,10-11H. The number of nitrogens with zero attached hydrogens (tertiary/aromatic N) is 1. The summed E-state index contributed by atoms with van der Waals surface area (Å²) in [4.78, 5) is 0. The van der Waals surface area contributed by atoms with Gasteiger partial charge in [-0.15, -0.1) is 0 Å². The molecule has 3 nitrogen and oxygen atoms in total. The molecule has 0 atom stereocenters. The number of benzene rings is 1. The molecule has 11 heavy (non-hydrogen) atoms. The molecule has 0 aliphatic heterocycles. The van der Waals surface area contributed by atoms with E-state index >= 15 is 0 Å². The van der Waals surface area contributed by atoms with E-state index in [0.29, 0.717) is 0 Å². The molecular formula is C7H4ClNO2. The average Bonchev–Trinajstić information content (AvgIpc) is 1.96. The molecule has 0 heterocycles. The number of phenolic OH excluding ortho intramolecular Hbond substituents is 2. The highest BCUT2D eigenvalue weighted by Crippen LogP contribution is 2.31.